The van der Waals surface area contributed by atoms with Crippen molar-refractivity contribution in [1.29, 1.82) is 0 Å². The highest BCUT2D eigenvalue weighted by Crippen LogP contribution is 2.37. The number of nitrogens with one attached hydrogen (secondary N) is 2. The molecule has 8 nitrogen and oxygen atoms in total. The summed E-state index contributed by atoms with van der Waals surface area (Å²) < 4.78 is 4.88. The third-order valence-corrected chi connectivity index (χ3v) is 5.82. The third kappa shape index (κ3) is 3.95. The van der Waals surface area contributed by atoms with Crippen LogP contribution in [0.5, 0.6) is 0 Å². The second kappa shape index (κ2) is 8.90. The summed E-state index contributed by atoms with van der Waals surface area (Å²) in [6.07, 6.45) is 0. The molecule has 2 N–H and O–H groups in total. The van der Waals surface area contributed by atoms with E-state index in [9.17, 15) is 19.2 Å². The number of hydrogen-bond acceptors (Lipinski definition) is 6. The van der Waals surface area contributed by atoms with E-state index in [0.717, 1.165) is 16.0 Å². The lowest BCUT2D eigenvalue weighted by atomic mass is 9.99. The van der Waals surface area contributed by atoms with Gasteiger partial charge >= 0.3 is 5.97 Å². The number of benzene rings is 3. The second-order valence-electron chi connectivity index (χ2n) is 8.00. The van der Waals surface area contributed by atoms with Gasteiger partial charge in [-0.15, -0.1) is 0 Å². The summed E-state index contributed by atoms with van der Waals surface area (Å²) in [7, 11) is 0. The molecule has 2 aliphatic rings. The van der Waals surface area contributed by atoms with Crippen molar-refractivity contribution in [3.05, 3.63) is 95.1 Å². The van der Waals surface area contributed by atoms with Gasteiger partial charge in [-0.25, -0.2) is 0 Å². The molecule has 0 saturated carbocycles. The topological polar surface area (TPSA) is 105 Å². The first-order valence-electron chi connectivity index (χ1n) is 11.1. The maximum absolute atomic E-state index is 13.0. The average molecular weight is 467 g/mol. The molecule has 0 aliphatic carbocycles. The molecule has 2 aliphatic heterocycles. The summed E-state index contributed by atoms with van der Waals surface area (Å²) >= 11 is 0. The molecule has 3 aromatic rings. The van der Waals surface area contributed by atoms with Gasteiger partial charge in [0, 0.05) is 16.9 Å². The molecule has 0 bridgehead atoms. The molecule has 174 valence electrons. The summed E-state index contributed by atoms with van der Waals surface area (Å²) in [6.45, 7) is 1.36. The Morgan fingerprint density at radius 3 is 2.37 bits per heavy atom. The molecule has 2 heterocycles. The monoisotopic (exact) mass is 467 g/mol. The van der Waals surface area contributed by atoms with Crippen molar-refractivity contribution < 1.29 is 23.9 Å². The smallest absolute Gasteiger partial charge is 0.326 e. The van der Waals surface area contributed by atoms with E-state index in [1.54, 1.807) is 25.1 Å². The van der Waals surface area contributed by atoms with Crippen molar-refractivity contribution in [1.82, 2.24) is 4.90 Å². The molecule has 35 heavy (non-hydrogen) atoms. The molecule has 0 fully saturated rings. The van der Waals surface area contributed by atoms with Crippen LogP contribution in [-0.4, -0.2) is 41.7 Å². The highest BCUT2D eigenvalue weighted by atomic mass is 16.5. The third-order valence-electron chi connectivity index (χ3n) is 5.82. The summed E-state index contributed by atoms with van der Waals surface area (Å²) in [5.74, 6) is -2.01. The van der Waals surface area contributed by atoms with Gasteiger partial charge in [-0.2, -0.15) is 0 Å². The van der Waals surface area contributed by atoms with E-state index in [-0.39, 0.29) is 23.6 Å². The number of anilines is 2. The van der Waals surface area contributed by atoms with E-state index >= 15 is 0 Å². The van der Waals surface area contributed by atoms with Crippen molar-refractivity contribution in [2.24, 2.45) is 0 Å². The standard InChI is InChI=1S/C27H21N3O5/c1-2-35-22(31)15-30-26(33)18-13-12-17(14-20(18)27(30)34)28-24(16-8-4-3-5-9-16)23-19-10-6-7-11-21(19)29-25(23)32/h3-14,28H,2,15H2,1H3,(H,29,32)/b24-23-. The zero-order chi connectivity index (χ0) is 24.5. The Balaban J connectivity index is 1.54. The number of carbonyl (C=O) groups excluding carboxylic acids is 4. The molecule has 0 radical (unpaired) electrons. The minimum absolute atomic E-state index is 0.156. The lowest BCUT2D eigenvalue weighted by Gasteiger charge is -2.15. The highest BCUT2D eigenvalue weighted by Gasteiger charge is 2.37. The van der Waals surface area contributed by atoms with Gasteiger partial charge in [-0.3, -0.25) is 24.1 Å². The minimum atomic E-state index is -0.651. The summed E-state index contributed by atoms with van der Waals surface area (Å²) in [6, 6.07) is 21.6. The fraction of sp³-hybridized carbons (Fsp3) is 0.111. The van der Waals surface area contributed by atoms with E-state index < -0.39 is 24.3 Å². The van der Waals surface area contributed by atoms with Crippen molar-refractivity contribution in [2.75, 3.05) is 23.8 Å². The zero-order valence-electron chi connectivity index (χ0n) is 18.8. The van der Waals surface area contributed by atoms with E-state index in [0.29, 0.717) is 22.6 Å². The van der Waals surface area contributed by atoms with Gasteiger partial charge in [0.15, 0.2) is 0 Å². The fourth-order valence-corrected chi connectivity index (χ4v) is 4.24. The molecule has 0 saturated heterocycles. The van der Waals surface area contributed by atoms with Crippen LogP contribution in [0.25, 0.3) is 11.3 Å². The van der Waals surface area contributed by atoms with Gasteiger partial charge in [-0.05, 0) is 36.8 Å². The van der Waals surface area contributed by atoms with Gasteiger partial charge in [-0.1, -0.05) is 48.5 Å². The molecule has 3 amide bonds. The van der Waals surface area contributed by atoms with Crippen molar-refractivity contribution in [3.8, 4) is 0 Å². The Labute approximate surface area is 201 Å². The number of nitrogens with zero attached hydrogens (tertiary/aromatic N) is 1. The number of amides is 3. The van der Waals surface area contributed by atoms with Crippen LogP contribution in [0.3, 0.4) is 0 Å². The van der Waals surface area contributed by atoms with Crippen molar-refractivity contribution >= 4 is 46.3 Å². The van der Waals surface area contributed by atoms with E-state index in [2.05, 4.69) is 10.6 Å². The molecule has 5 rings (SSSR count). The number of hydrogen-bond donors (Lipinski definition) is 2. The summed E-state index contributed by atoms with van der Waals surface area (Å²) in [4.78, 5) is 51.3. The number of esters is 1. The first-order valence-corrected chi connectivity index (χ1v) is 11.1. The van der Waals surface area contributed by atoms with Crippen molar-refractivity contribution in [3.63, 3.8) is 0 Å². The largest absolute Gasteiger partial charge is 0.465 e. The lowest BCUT2D eigenvalue weighted by molar-refractivity contribution is -0.143. The summed E-state index contributed by atoms with van der Waals surface area (Å²) in [5.41, 5.74) is 4.20. The van der Waals surface area contributed by atoms with Crippen molar-refractivity contribution in [2.45, 2.75) is 6.92 Å². The minimum Gasteiger partial charge on any atom is -0.465 e. The molecule has 8 heteroatoms. The lowest BCUT2D eigenvalue weighted by Crippen LogP contribution is -2.35. The quantitative estimate of drug-likeness (QED) is 0.325. The molecule has 0 atom stereocenters. The number of fused-ring (bicyclic) bond motifs is 2. The van der Waals surface area contributed by atoms with E-state index in [1.807, 2.05) is 54.6 Å². The van der Waals surface area contributed by atoms with Crippen LogP contribution in [0.1, 0.15) is 38.8 Å². The van der Waals surface area contributed by atoms with Gasteiger partial charge in [0.1, 0.15) is 6.54 Å². The molecule has 0 unspecified atom stereocenters. The molecule has 0 spiro atoms. The Hall–Kier alpha value is -4.72. The Bertz CT molecular complexity index is 1410. The molecule has 0 aromatic heterocycles. The van der Waals surface area contributed by atoms with Gasteiger partial charge in [0.25, 0.3) is 17.7 Å². The zero-order valence-corrected chi connectivity index (χ0v) is 18.8. The molecule has 3 aromatic carbocycles. The van der Waals surface area contributed by atoms with Crippen LogP contribution < -0.4 is 10.6 Å². The normalized spacial score (nSPS) is 15.5. The highest BCUT2D eigenvalue weighted by molar-refractivity contribution is 6.37. The SMILES string of the molecule is CCOC(=O)CN1C(=O)c2ccc(N/C(=C3\C(=O)Nc4ccccc43)c3ccccc3)cc2C1=O. The van der Waals surface area contributed by atoms with Crippen LogP contribution in [0.15, 0.2) is 72.8 Å². The summed E-state index contributed by atoms with van der Waals surface area (Å²) in [5, 5.41) is 6.18. The van der Waals surface area contributed by atoms with E-state index in [4.69, 9.17) is 4.74 Å². The van der Waals surface area contributed by atoms with Gasteiger partial charge in [0.2, 0.25) is 0 Å². The number of para-hydroxylation sites is 1. The number of rotatable bonds is 6. The fourth-order valence-electron chi connectivity index (χ4n) is 4.24. The molecular weight excluding hydrogens is 446 g/mol. The number of carbonyl (C=O) groups is 4. The predicted molar refractivity (Wildman–Crippen MR) is 130 cm³/mol. The Morgan fingerprint density at radius 2 is 1.60 bits per heavy atom. The van der Waals surface area contributed by atoms with E-state index in [1.165, 1.54) is 0 Å². The predicted octanol–water partition coefficient (Wildman–Crippen LogP) is 3.78. The first-order chi connectivity index (χ1) is 17.0. The Kier molecular flexibility index (Phi) is 5.62. The Morgan fingerprint density at radius 1 is 0.886 bits per heavy atom. The number of imide groups is 1. The molecular formula is C27H21N3O5. The van der Waals surface area contributed by atoms with Crippen LogP contribution in [0, 0.1) is 0 Å². The van der Waals surface area contributed by atoms with Crippen LogP contribution in [0.2, 0.25) is 0 Å². The second-order valence-corrected chi connectivity index (χ2v) is 8.00. The van der Waals surface area contributed by atoms with Crippen LogP contribution >= 0.6 is 0 Å². The first kappa shape index (κ1) is 22.1. The van der Waals surface area contributed by atoms with Gasteiger partial charge in [0.05, 0.1) is 29.0 Å². The number of ether oxygens (including phenoxy) is 1. The maximum Gasteiger partial charge on any atom is 0.326 e. The van der Waals surface area contributed by atoms with Gasteiger partial charge < -0.3 is 15.4 Å². The average Bonchev–Trinajstić information content (AvgIpc) is 3.31. The maximum atomic E-state index is 13.0. The van der Waals surface area contributed by atoms with Crippen LogP contribution in [-0.2, 0) is 14.3 Å². The van der Waals surface area contributed by atoms with Crippen LogP contribution in [0.4, 0.5) is 11.4 Å².